The molecule has 0 radical (unpaired) electrons. The summed E-state index contributed by atoms with van der Waals surface area (Å²) in [5, 5.41) is 2.72. The van der Waals surface area contributed by atoms with Gasteiger partial charge in [0.1, 0.15) is 4.90 Å². The van der Waals surface area contributed by atoms with Crippen molar-refractivity contribution in [3.05, 3.63) is 76.1 Å². The molecule has 0 spiro atoms. The minimum Gasteiger partial charge on any atom is -0.459 e. The van der Waals surface area contributed by atoms with E-state index < -0.39 is 15.9 Å². The van der Waals surface area contributed by atoms with Crippen LogP contribution in [0.15, 0.2) is 74.6 Å². The summed E-state index contributed by atoms with van der Waals surface area (Å²) in [5.74, 6) is -0.288. The van der Waals surface area contributed by atoms with Gasteiger partial charge in [0, 0.05) is 10.2 Å². The molecule has 0 saturated heterocycles. The highest BCUT2D eigenvalue weighted by Gasteiger charge is 2.18. The van der Waals surface area contributed by atoms with Crippen LogP contribution in [0, 0.1) is 0 Å². The zero-order valence-electron chi connectivity index (χ0n) is 13.1. The number of halogens is 2. The van der Waals surface area contributed by atoms with Crippen LogP contribution < -0.4 is 10.0 Å². The molecular weight excluding hydrogens is 444 g/mol. The second-order valence-electron chi connectivity index (χ2n) is 5.19. The predicted molar refractivity (Wildman–Crippen MR) is 103 cm³/mol. The molecule has 26 heavy (non-hydrogen) atoms. The highest BCUT2D eigenvalue weighted by atomic mass is 79.9. The third-order valence-corrected chi connectivity index (χ3v) is 5.66. The summed E-state index contributed by atoms with van der Waals surface area (Å²) < 4.78 is 33.2. The molecule has 0 aliphatic carbocycles. The number of carbonyl (C=O) groups excluding carboxylic acids is 1. The molecule has 3 rings (SSSR count). The lowest BCUT2D eigenvalue weighted by atomic mass is 10.3. The van der Waals surface area contributed by atoms with Crippen LogP contribution >= 0.6 is 27.5 Å². The van der Waals surface area contributed by atoms with Gasteiger partial charge in [-0.2, -0.15) is 0 Å². The Kier molecular flexibility index (Phi) is 5.36. The van der Waals surface area contributed by atoms with Gasteiger partial charge in [0.05, 0.1) is 17.0 Å². The summed E-state index contributed by atoms with van der Waals surface area (Å²) in [6.45, 7) is 0. The number of nitrogens with one attached hydrogen (secondary N) is 2. The van der Waals surface area contributed by atoms with E-state index in [2.05, 4.69) is 26.0 Å². The Morgan fingerprint density at radius 2 is 1.81 bits per heavy atom. The molecule has 3 aromatic rings. The number of hydrogen-bond acceptors (Lipinski definition) is 4. The van der Waals surface area contributed by atoms with Gasteiger partial charge in [-0.15, -0.1) is 0 Å². The number of amides is 1. The minimum absolute atomic E-state index is 0.0487. The fourth-order valence-corrected chi connectivity index (χ4v) is 4.25. The van der Waals surface area contributed by atoms with E-state index in [1.807, 2.05) is 0 Å². The monoisotopic (exact) mass is 454 g/mol. The van der Waals surface area contributed by atoms with Gasteiger partial charge in [-0.25, -0.2) is 8.42 Å². The third-order valence-electron chi connectivity index (χ3n) is 3.30. The summed E-state index contributed by atoms with van der Waals surface area (Å²) in [6, 6.07) is 13.9. The maximum Gasteiger partial charge on any atom is 0.291 e. The number of rotatable bonds is 5. The largest absolute Gasteiger partial charge is 0.459 e. The minimum atomic E-state index is -3.88. The first-order valence-electron chi connectivity index (χ1n) is 7.28. The molecule has 134 valence electrons. The van der Waals surface area contributed by atoms with Crippen LogP contribution in [0.4, 0.5) is 11.4 Å². The number of sulfonamides is 1. The molecule has 0 aliphatic rings. The van der Waals surface area contributed by atoms with Crippen molar-refractivity contribution in [2.45, 2.75) is 4.90 Å². The van der Waals surface area contributed by atoms with E-state index in [-0.39, 0.29) is 21.4 Å². The van der Waals surface area contributed by atoms with E-state index in [0.717, 1.165) is 0 Å². The zero-order chi connectivity index (χ0) is 18.7. The first-order chi connectivity index (χ1) is 12.3. The van der Waals surface area contributed by atoms with Crippen molar-refractivity contribution in [1.29, 1.82) is 0 Å². The molecule has 2 N–H and O–H groups in total. The molecule has 1 heterocycles. The second-order valence-corrected chi connectivity index (χ2v) is 8.17. The van der Waals surface area contributed by atoms with E-state index >= 15 is 0 Å². The van der Waals surface area contributed by atoms with E-state index in [1.54, 1.807) is 30.3 Å². The van der Waals surface area contributed by atoms with E-state index in [4.69, 9.17) is 16.0 Å². The molecule has 0 atom stereocenters. The van der Waals surface area contributed by atoms with Gasteiger partial charge >= 0.3 is 0 Å². The van der Waals surface area contributed by atoms with Crippen LogP contribution in [0.3, 0.4) is 0 Å². The third kappa shape index (κ3) is 4.27. The fraction of sp³-hybridized carbons (Fsp3) is 0. The van der Waals surface area contributed by atoms with Crippen molar-refractivity contribution in [1.82, 2.24) is 0 Å². The second kappa shape index (κ2) is 7.53. The van der Waals surface area contributed by atoms with Crippen molar-refractivity contribution >= 4 is 54.8 Å². The maximum absolute atomic E-state index is 12.5. The fourth-order valence-electron chi connectivity index (χ4n) is 2.16. The van der Waals surface area contributed by atoms with Gasteiger partial charge < -0.3 is 9.73 Å². The SMILES string of the molecule is O=C(Nc1cccc(NS(=O)(=O)c2ccc(Br)cc2Cl)c1)c1ccco1. The number of carbonyl (C=O) groups is 1. The summed E-state index contributed by atoms with van der Waals surface area (Å²) in [5.41, 5.74) is 0.690. The van der Waals surface area contributed by atoms with Gasteiger partial charge in [0.15, 0.2) is 5.76 Å². The van der Waals surface area contributed by atoms with E-state index in [9.17, 15) is 13.2 Å². The topological polar surface area (TPSA) is 88.4 Å². The molecule has 6 nitrogen and oxygen atoms in total. The summed E-state index contributed by atoms with van der Waals surface area (Å²) in [7, 11) is -3.88. The summed E-state index contributed by atoms with van der Waals surface area (Å²) >= 11 is 9.25. The molecular formula is C17H12BrClN2O4S. The first kappa shape index (κ1) is 18.5. The van der Waals surface area contributed by atoms with Crippen LogP contribution in [0.2, 0.25) is 5.02 Å². The Balaban J connectivity index is 1.81. The Hall–Kier alpha value is -2.29. The van der Waals surface area contributed by atoms with E-state index in [1.165, 1.54) is 30.5 Å². The number of hydrogen-bond donors (Lipinski definition) is 2. The van der Waals surface area contributed by atoms with Gasteiger partial charge in [-0.1, -0.05) is 33.6 Å². The van der Waals surface area contributed by atoms with Gasteiger partial charge in [-0.3, -0.25) is 9.52 Å². The van der Waals surface area contributed by atoms with Crippen molar-refractivity contribution in [3.63, 3.8) is 0 Å². The molecule has 1 amide bonds. The highest BCUT2D eigenvalue weighted by Crippen LogP contribution is 2.27. The lowest BCUT2D eigenvalue weighted by Gasteiger charge is -2.11. The molecule has 0 bridgehead atoms. The van der Waals surface area contributed by atoms with Crippen LogP contribution in [-0.4, -0.2) is 14.3 Å². The van der Waals surface area contributed by atoms with Gasteiger partial charge in [0.2, 0.25) is 0 Å². The summed E-state index contributed by atoms with van der Waals surface area (Å²) in [6.07, 6.45) is 1.39. The normalized spacial score (nSPS) is 11.2. The number of furan rings is 1. The molecule has 1 aromatic heterocycles. The first-order valence-corrected chi connectivity index (χ1v) is 9.93. The van der Waals surface area contributed by atoms with Crippen molar-refractivity contribution < 1.29 is 17.6 Å². The lowest BCUT2D eigenvalue weighted by Crippen LogP contribution is -2.14. The molecule has 0 aliphatic heterocycles. The zero-order valence-corrected chi connectivity index (χ0v) is 16.2. The maximum atomic E-state index is 12.5. The van der Waals surface area contributed by atoms with Crippen molar-refractivity contribution in [2.75, 3.05) is 10.0 Å². The molecule has 9 heteroatoms. The van der Waals surface area contributed by atoms with Crippen LogP contribution in [-0.2, 0) is 10.0 Å². The average Bonchev–Trinajstić information content (AvgIpc) is 3.09. The molecule has 2 aromatic carbocycles. The van der Waals surface area contributed by atoms with Crippen LogP contribution in [0.5, 0.6) is 0 Å². The highest BCUT2D eigenvalue weighted by molar-refractivity contribution is 9.10. The Morgan fingerprint density at radius 3 is 2.50 bits per heavy atom. The van der Waals surface area contributed by atoms with Gasteiger partial charge in [0.25, 0.3) is 15.9 Å². The van der Waals surface area contributed by atoms with Crippen molar-refractivity contribution in [2.24, 2.45) is 0 Å². The smallest absolute Gasteiger partial charge is 0.291 e. The average molecular weight is 456 g/mol. The molecule has 0 saturated carbocycles. The van der Waals surface area contributed by atoms with E-state index in [0.29, 0.717) is 10.2 Å². The number of anilines is 2. The van der Waals surface area contributed by atoms with Gasteiger partial charge in [-0.05, 0) is 48.5 Å². The predicted octanol–water partition coefficient (Wildman–Crippen LogP) is 4.75. The lowest BCUT2D eigenvalue weighted by molar-refractivity contribution is 0.0996. The van der Waals surface area contributed by atoms with Crippen LogP contribution in [0.1, 0.15) is 10.6 Å². The Bertz CT molecular complexity index is 1050. The van der Waals surface area contributed by atoms with Crippen LogP contribution in [0.25, 0.3) is 0 Å². The Morgan fingerprint density at radius 1 is 1.04 bits per heavy atom. The standard InChI is InChI=1S/C17H12BrClN2O4S/c18-11-6-7-16(14(19)9-11)26(23,24)21-13-4-1-3-12(10-13)20-17(22)15-5-2-8-25-15/h1-10,21H,(H,20,22). The molecule has 0 unspecified atom stereocenters. The van der Waals surface area contributed by atoms with Crippen molar-refractivity contribution in [3.8, 4) is 0 Å². The summed E-state index contributed by atoms with van der Waals surface area (Å²) in [4.78, 5) is 12.0. The molecule has 0 fully saturated rings. The quantitative estimate of drug-likeness (QED) is 0.581. The number of benzene rings is 2. The Labute approximate surface area is 163 Å².